The lowest BCUT2D eigenvalue weighted by atomic mass is 10.1. The maximum Gasteiger partial charge on any atom is 0.142 e. The molecular formula is C29H19F3. The molecule has 4 rings (SSSR count). The Morgan fingerprint density at radius 1 is 0.594 bits per heavy atom. The monoisotopic (exact) mass is 424 g/mol. The van der Waals surface area contributed by atoms with Crippen molar-refractivity contribution in [3.8, 4) is 23.7 Å². The zero-order valence-electron chi connectivity index (χ0n) is 17.5. The van der Waals surface area contributed by atoms with Gasteiger partial charge in [0.15, 0.2) is 0 Å². The summed E-state index contributed by atoms with van der Waals surface area (Å²) in [5.41, 5.74) is 2.67. The molecule has 4 aromatic carbocycles. The standard InChI is InChI=1S/C29H19F3/c1-2-3-23-17-28(31)27(29(32)18-23)15-11-21-6-4-20(5-7-21)8-9-22-10-12-25-19-26(30)14-13-24(25)16-22/h4-7,10,12-14,16-19H,2-3H2,1H3. The lowest BCUT2D eigenvalue weighted by Crippen LogP contribution is -1.94. The maximum absolute atomic E-state index is 14.2. The average molecular weight is 424 g/mol. The minimum atomic E-state index is -0.637. The summed E-state index contributed by atoms with van der Waals surface area (Å²) in [6.45, 7) is 1.96. The number of fused-ring (bicyclic) bond motifs is 1. The summed E-state index contributed by atoms with van der Waals surface area (Å²) in [5, 5.41) is 1.75. The number of hydrogen-bond acceptors (Lipinski definition) is 0. The molecule has 0 atom stereocenters. The minimum absolute atomic E-state index is 0.218. The fourth-order valence-electron chi connectivity index (χ4n) is 3.39. The van der Waals surface area contributed by atoms with E-state index in [1.165, 1.54) is 24.3 Å². The van der Waals surface area contributed by atoms with Crippen LogP contribution in [-0.2, 0) is 6.42 Å². The molecule has 4 aromatic rings. The van der Waals surface area contributed by atoms with Crippen LogP contribution in [-0.4, -0.2) is 0 Å². The molecular weight excluding hydrogens is 405 g/mol. The Labute approximate surface area is 185 Å². The second kappa shape index (κ2) is 9.46. The molecule has 0 amide bonds. The van der Waals surface area contributed by atoms with Crippen molar-refractivity contribution in [1.82, 2.24) is 0 Å². The number of halogens is 3. The highest BCUT2D eigenvalue weighted by molar-refractivity contribution is 5.84. The number of hydrogen-bond donors (Lipinski definition) is 0. The quantitative estimate of drug-likeness (QED) is 0.304. The van der Waals surface area contributed by atoms with Crippen molar-refractivity contribution in [2.75, 3.05) is 0 Å². The molecule has 3 heteroatoms. The zero-order chi connectivity index (χ0) is 22.5. The van der Waals surface area contributed by atoms with E-state index in [-0.39, 0.29) is 11.4 Å². The Kier molecular flexibility index (Phi) is 6.29. The molecule has 0 saturated heterocycles. The predicted molar refractivity (Wildman–Crippen MR) is 123 cm³/mol. The van der Waals surface area contributed by atoms with Crippen molar-refractivity contribution in [2.24, 2.45) is 0 Å². The fraction of sp³-hybridized carbons (Fsp3) is 0.103. The molecule has 0 aliphatic carbocycles. The van der Waals surface area contributed by atoms with Crippen LogP contribution in [0, 0.1) is 41.1 Å². The van der Waals surface area contributed by atoms with Crippen LogP contribution >= 0.6 is 0 Å². The van der Waals surface area contributed by atoms with Crippen molar-refractivity contribution in [3.63, 3.8) is 0 Å². The smallest absolute Gasteiger partial charge is 0.142 e. The van der Waals surface area contributed by atoms with Gasteiger partial charge in [-0.05, 0) is 83.4 Å². The van der Waals surface area contributed by atoms with Gasteiger partial charge >= 0.3 is 0 Å². The topological polar surface area (TPSA) is 0 Å². The number of rotatable bonds is 2. The first kappa shape index (κ1) is 21.3. The fourth-order valence-corrected chi connectivity index (χ4v) is 3.39. The van der Waals surface area contributed by atoms with E-state index in [0.29, 0.717) is 17.5 Å². The van der Waals surface area contributed by atoms with Crippen molar-refractivity contribution in [1.29, 1.82) is 0 Å². The van der Waals surface area contributed by atoms with Crippen molar-refractivity contribution >= 4 is 10.8 Å². The zero-order valence-corrected chi connectivity index (χ0v) is 17.5. The Balaban J connectivity index is 1.51. The Hall–Kier alpha value is -3.95. The van der Waals surface area contributed by atoms with Gasteiger partial charge in [0.2, 0.25) is 0 Å². The van der Waals surface area contributed by atoms with Gasteiger partial charge in [-0.25, -0.2) is 13.2 Å². The highest BCUT2D eigenvalue weighted by atomic mass is 19.1. The van der Waals surface area contributed by atoms with Gasteiger partial charge in [0.25, 0.3) is 0 Å². The van der Waals surface area contributed by atoms with Crippen LogP contribution in [0.5, 0.6) is 0 Å². The SMILES string of the molecule is CCCc1cc(F)c(C#Cc2ccc(C#Cc3ccc4cc(F)ccc4c3)cc2)c(F)c1. The first-order valence-electron chi connectivity index (χ1n) is 10.3. The van der Waals surface area contributed by atoms with Crippen LogP contribution in [0.3, 0.4) is 0 Å². The normalized spacial score (nSPS) is 10.2. The van der Waals surface area contributed by atoms with Crippen molar-refractivity contribution in [3.05, 3.63) is 118 Å². The highest BCUT2D eigenvalue weighted by Crippen LogP contribution is 2.18. The van der Waals surface area contributed by atoms with E-state index in [1.807, 2.05) is 37.3 Å². The lowest BCUT2D eigenvalue weighted by molar-refractivity contribution is 0.573. The first-order chi connectivity index (χ1) is 15.5. The average Bonchev–Trinajstić information content (AvgIpc) is 2.78. The summed E-state index contributed by atoms with van der Waals surface area (Å²) in [5.74, 6) is 10.1. The van der Waals surface area contributed by atoms with Crippen LogP contribution in [0.1, 0.15) is 41.2 Å². The summed E-state index contributed by atoms with van der Waals surface area (Å²) in [6.07, 6.45) is 1.45. The van der Waals surface area contributed by atoms with Crippen LogP contribution in [0.15, 0.2) is 72.8 Å². The molecule has 0 unspecified atom stereocenters. The van der Waals surface area contributed by atoms with Gasteiger partial charge in [-0.15, -0.1) is 0 Å². The summed E-state index contributed by atoms with van der Waals surface area (Å²) in [6, 6.07) is 20.1. The second-order valence-electron chi connectivity index (χ2n) is 7.47. The molecule has 0 saturated carbocycles. The first-order valence-corrected chi connectivity index (χ1v) is 10.3. The van der Waals surface area contributed by atoms with Gasteiger partial charge in [-0.1, -0.05) is 49.2 Å². The third-order valence-corrected chi connectivity index (χ3v) is 5.01. The minimum Gasteiger partial charge on any atom is -0.207 e. The summed E-state index contributed by atoms with van der Waals surface area (Å²) in [4.78, 5) is 0. The van der Waals surface area contributed by atoms with E-state index in [1.54, 1.807) is 18.2 Å². The lowest BCUT2D eigenvalue weighted by Gasteiger charge is -2.02. The molecule has 156 valence electrons. The van der Waals surface area contributed by atoms with Crippen LogP contribution < -0.4 is 0 Å². The molecule has 0 aliphatic rings. The summed E-state index contributed by atoms with van der Waals surface area (Å²) >= 11 is 0. The molecule has 0 radical (unpaired) electrons. The van der Waals surface area contributed by atoms with Crippen molar-refractivity contribution < 1.29 is 13.2 Å². The maximum atomic E-state index is 14.2. The van der Waals surface area contributed by atoms with E-state index in [9.17, 15) is 13.2 Å². The van der Waals surface area contributed by atoms with E-state index in [2.05, 4.69) is 23.7 Å². The van der Waals surface area contributed by atoms with E-state index >= 15 is 0 Å². The number of benzene rings is 4. The largest absolute Gasteiger partial charge is 0.207 e. The van der Waals surface area contributed by atoms with Gasteiger partial charge < -0.3 is 0 Å². The molecule has 0 aliphatic heterocycles. The summed E-state index contributed by atoms with van der Waals surface area (Å²) < 4.78 is 41.7. The Morgan fingerprint density at radius 3 is 1.78 bits per heavy atom. The van der Waals surface area contributed by atoms with Gasteiger partial charge in [-0.3, -0.25) is 0 Å². The van der Waals surface area contributed by atoms with E-state index < -0.39 is 11.6 Å². The third-order valence-electron chi connectivity index (χ3n) is 5.01. The molecule has 0 heterocycles. The van der Waals surface area contributed by atoms with Crippen LogP contribution in [0.4, 0.5) is 13.2 Å². The molecule has 0 bridgehead atoms. The van der Waals surface area contributed by atoms with Gasteiger partial charge in [0.1, 0.15) is 17.5 Å². The second-order valence-corrected chi connectivity index (χ2v) is 7.47. The molecule has 32 heavy (non-hydrogen) atoms. The highest BCUT2D eigenvalue weighted by Gasteiger charge is 2.08. The van der Waals surface area contributed by atoms with Gasteiger partial charge in [0, 0.05) is 16.7 Å². The Morgan fingerprint density at radius 2 is 1.12 bits per heavy atom. The van der Waals surface area contributed by atoms with Crippen LogP contribution in [0.2, 0.25) is 0 Å². The molecule has 0 fully saturated rings. The molecule has 0 nitrogen and oxygen atoms in total. The molecule has 0 aromatic heterocycles. The van der Waals surface area contributed by atoms with Gasteiger partial charge in [0.05, 0.1) is 5.56 Å². The number of aryl methyl sites for hydroxylation is 1. The van der Waals surface area contributed by atoms with Gasteiger partial charge in [-0.2, -0.15) is 0 Å². The molecule has 0 N–H and O–H groups in total. The summed E-state index contributed by atoms with van der Waals surface area (Å²) in [7, 11) is 0. The molecule has 0 spiro atoms. The van der Waals surface area contributed by atoms with E-state index in [4.69, 9.17) is 0 Å². The van der Waals surface area contributed by atoms with Crippen molar-refractivity contribution in [2.45, 2.75) is 19.8 Å². The predicted octanol–water partition coefficient (Wildman–Crippen LogP) is 7.01. The van der Waals surface area contributed by atoms with Crippen LogP contribution in [0.25, 0.3) is 10.8 Å². The van der Waals surface area contributed by atoms with E-state index in [0.717, 1.165) is 28.3 Å². The Bertz CT molecular complexity index is 1390. The third kappa shape index (κ3) is 5.02.